The predicted molar refractivity (Wildman–Crippen MR) is 128 cm³/mol. The van der Waals surface area contributed by atoms with E-state index in [1.807, 2.05) is 4.90 Å². The third-order valence-electron chi connectivity index (χ3n) is 6.66. The molecule has 2 aromatic carbocycles. The number of aromatic nitrogens is 2. The molecule has 1 aromatic heterocycles. The van der Waals surface area contributed by atoms with Crippen molar-refractivity contribution in [3.05, 3.63) is 63.7 Å². The number of para-hydroxylation sites is 1. The summed E-state index contributed by atoms with van der Waals surface area (Å²) in [5.74, 6) is -2.21. The molecule has 4 rings (SSSR count). The Kier molecular flexibility index (Phi) is 6.44. The van der Waals surface area contributed by atoms with Gasteiger partial charge in [-0.3, -0.25) is 9.36 Å². The Balaban J connectivity index is 1.86. The molecule has 7 nitrogen and oxygen atoms in total. The molecule has 1 aliphatic rings. The van der Waals surface area contributed by atoms with E-state index >= 15 is 0 Å². The quantitative estimate of drug-likeness (QED) is 0.468. The van der Waals surface area contributed by atoms with Gasteiger partial charge in [0.25, 0.3) is 5.56 Å². The predicted octanol–water partition coefficient (Wildman–Crippen LogP) is 5.11. The van der Waals surface area contributed by atoms with Crippen molar-refractivity contribution in [3.8, 4) is 0 Å². The SMILES string of the molecule is Cn1c(N2CCC(C)(C)CC2)nc2c(C(Nc3ccc(F)cc3C(=O)O)C(F)(F)F)cccc2c1=O. The number of hydrogen-bond donors (Lipinski definition) is 2. The minimum atomic E-state index is -4.89. The van der Waals surface area contributed by atoms with Gasteiger partial charge in [0.15, 0.2) is 6.04 Å². The second-order valence-electron chi connectivity index (χ2n) is 9.78. The Labute approximate surface area is 204 Å². The zero-order valence-corrected chi connectivity index (χ0v) is 20.0. The van der Waals surface area contributed by atoms with E-state index in [1.165, 1.54) is 29.8 Å². The van der Waals surface area contributed by atoms with Crippen LogP contribution in [0.1, 0.15) is 48.7 Å². The second-order valence-corrected chi connectivity index (χ2v) is 9.78. The van der Waals surface area contributed by atoms with Gasteiger partial charge in [0.2, 0.25) is 5.95 Å². The molecule has 1 fully saturated rings. The normalized spacial score (nSPS) is 16.7. The van der Waals surface area contributed by atoms with E-state index in [1.54, 1.807) is 0 Å². The number of carboxylic acids is 1. The lowest BCUT2D eigenvalue weighted by Crippen LogP contribution is -2.40. The summed E-state index contributed by atoms with van der Waals surface area (Å²) in [5, 5.41) is 11.6. The van der Waals surface area contributed by atoms with E-state index in [0.717, 1.165) is 25.0 Å². The fourth-order valence-electron chi connectivity index (χ4n) is 4.44. The first-order valence-corrected chi connectivity index (χ1v) is 11.4. The van der Waals surface area contributed by atoms with Gasteiger partial charge in [-0.15, -0.1) is 0 Å². The van der Waals surface area contributed by atoms with Crippen molar-refractivity contribution in [2.75, 3.05) is 23.3 Å². The first kappa shape index (κ1) is 25.5. The largest absolute Gasteiger partial charge is 0.478 e. The highest BCUT2D eigenvalue weighted by molar-refractivity contribution is 5.94. The van der Waals surface area contributed by atoms with Gasteiger partial charge in [-0.05, 0) is 42.5 Å². The number of halogens is 4. The Bertz CT molecular complexity index is 1370. The Morgan fingerprint density at radius 3 is 2.44 bits per heavy atom. The minimum absolute atomic E-state index is 0.00436. The number of aromatic carboxylic acids is 1. The van der Waals surface area contributed by atoms with E-state index < -0.39 is 40.8 Å². The molecule has 0 amide bonds. The number of carbonyl (C=O) groups is 1. The van der Waals surface area contributed by atoms with Crippen molar-refractivity contribution in [2.45, 2.75) is 38.9 Å². The first-order chi connectivity index (χ1) is 16.8. The summed E-state index contributed by atoms with van der Waals surface area (Å²) < 4.78 is 58.0. The van der Waals surface area contributed by atoms with Crippen LogP contribution in [0.5, 0.6) is 0 Å². The molecule has 2 N–H and O–H groups in total. The molecule has 36 heavy (non-hydrogen) atoms. The van der Waals surface area contributed by atoms with Gasteiger partial charge in [0, 0.05) is 31.4 Å². The lowest BCUT2D eigenvalue weighted by molar-refractivity contribution is -0.143. The Morgan fingerprint density at radius 2 is 1.83 bits per heavy atom. The van der Waals surface area contributed by atoms with Crippen molar-refractivity contribution >= 4 is 28.5 Å². The van der Waals surface area contributed by atoms with Crippen LogP contribution in [0.4, 0.5) is 29.2 Å². The topological polar surface area (TPSA) is 87.5 Å². The summed E-state index contributed by atoms with van der Waals surface area (Å²) in [6.45, 7) is 5.46. The minimum Gasteiger partial charge on any atom is -0.478 e. The molecule has 2 heterocycles. The van der Waals surface area contributed by atoms with Gasteiger partial charge >= 0.3 is 12.1 Å². The summed E-state index contributed by atoms with van der Waals surface area (Å²) in [6, 6.07) is 3.99. The number of hydrogen-bond acceptors (Lipinski definition) is 5. The summed E-state index contributed by atoms with van der Waals surface area (Å²) in [6.07, 6.45) is -3.23. The molecule has 0 bridgehead atoms. The first-order valence-electron chi connectivity index (χ1n) is 11.4. The van der Waals surface area contributed by atoms with Crippen LogP contribution in [-0.2, 0) is 7.05 Å². The van der Waals surface area contributed by atoms with Gasteiger partial charge in [-0.2, -0.15) is 13.2 Å². The molecule has 192 valence electrons. The third kappa shape index (κ3) is 4.87. The molecule has 0 radical (unpaired) electrons. The number of carboxylic acid groups (broad SMARTS) is 1. The fraction of sp³-hybridized carbons (Fsp3) is 0.400. The average molecular weight is 507 g/mol. The summed E-state index contributed by atoms with van der Waals surface area (Å²) in [4.78, 5) is 31.1. The van der Waals surface area contributed by atoms with Crippen molar-refractivity contribution in [1.29, 1.82) is 0 Å². The molecular weight excluding hydrogens is 480 g/mol. The molecule has 1 aliphatic heterocycles. The Morgan fingerprint density at radius 1 is 1.17 bits per heavy atom. The van der Waals surface area contributed by atoms with E-state index in [9.17, 15) is 32.3 Å². The highest BCUT2D eigenvalue weighted by Crippen LogP contribution is 2.39. The number of anilines is 2. The number of nitrogens with zero attached hydrogens (tertiary/aromatic N) is 3. The molecule has 3 aromatic rings. The van der Waals surface area contributed by atoms with E-state index in [2.05, 4.69) is 24.1 Å². The van der Waals surface area contributed by atoms with Crippen LogP contribution in [0.25, 0.3) is 10.9 Å². The molecule has 11 heteroatoms. The smallest absolute Gasteiger partial charge is 0.412 e. The van der Waals surface area contributed by atoms with Gasteiger partial charge in [0.1, 0.15) is 5.82 Å². The maximum absolute atomic E-state index is 14.3. The number of rotatable bonds is 5. The Hall–Kier alpha value is -3.63. The van der Waals surface area contributed by atoms with E-state index in [0.29, 0.717) is 19.2 Å². The van der Waals surface area contributed by atoms with Gasteiger partial charge < -0.3 is 15.3 Å². The van der Waals surface area contributed by atoms with Crippen LogP contribution in [0, 0.1) is 11.2 Å². The summed E-state index contributed by atoms with van der Waals surface area (Å²) >= 11 is 0. The van der Waals surface area contributed by atoms with Gasteiger partial charge in [-0.25, -0.2) is 14.2 Å². The molecule has 0 saturated carbocycles. The molecule has 1 unspecified atom stereocenters. The number of alkyl halides is 3. The molecule has 1 atom stereocenters. The lowest BCUT2D eigenvalue weighted by atomic mass is 9.83. The van der Waals surface area contributed by atoms with Crippen LogP contribution in [-0.4, -0.2) is 39.9 Å². The van der Waals surface area contributed by atoms with Crippen molar-refractivity contribution < 1.29 is 27.5 Å². The standard InChI is InChI=1S/C25H26F4N4O3/c1-24(2)9-11-33(12-10-24)23-31-19-15(5-4-6-16(19)21(34)32(23)3)20(25(27,28)29)30-18-8-7-14(26)13-17(18)22(35)36/h4-8,13,20,30H,9-12H2,1-3H3,(H,35,36). The van der Waals surface area contributed by atoms with Crippen LogP contribution < -0.4 is 15.8 Å². The number of fused-ring (bicyclic) bond motifs is 1. The van der Waals surface area contributed by atoms with Crippen LogP contribution >= 0.6 is 0 Å². The highest BCUT2D eigenvalue weighted by Gasteiger charge is 2.43. The second kappa shape index (κ2) is 9.11. The third-order valence-corrected chi connectivity index (χ3v) is 6.66. The maximum atomic E-state index is 14.3. The van der Waals surface area contributed by atoms with Crippen LogP contribution in [0.15, 0.2) is 41.2 Å². The molecule has 0 spiro atoms. The van der Waals surface area contributed by atoms with Crippen molar-refractivity contribution in [1.82, 2.24) is 9.55 Å². The lowest BCUT2D eigenvalue weighted by Gasteiger charge is -2.38. The summed E-state index contributed by atoms with van der Waals surface area (Å²) in [5.41, 5.74) is -1.91. The van der Waals surface area contributed by atoms with Gasteiger partial charge in [0.05, 0.1) is 16.5 Å². The zero-order valence-electron chi connectivity index (χ0n) is 20.0. The summed E-state index contributed by atoms with van der Waals surface area (Å²) in [7, 11) is 1.54. The maximum Gasteiger partial charge on any atom is 0.412 e. The average Bonchev–Trinajstić information content (AvgIpc) is 2.79. The zero-order chi connectivity index (χ0) is 26.4. The molecular formula is C25H26F4N4O3. The van der Waals surface area contributed by atoms with Crippen LogP contribution in [0.3, 0.4) is 0 Å². The number of piperidine rings is 1. The monoisotopic (exact) mass is 506 g/mol. The number of benzene rings is 2. The van der Waals surface area contributed by atoms with Crippen molar-refractivity contribution in [2.24, 2.45) is 12.5 Å². The molecule has 1 saturated heterocycles. The van der Waals surface area contributed by atoms with Gasteiger partial charge in [-0.1, -0.05) is 26.0 Å². The van der Waals surface area contributed by atoms with E-state index in [-0.39, 0.29) is 27.8 Å². The van der Waals surface area contributed by atoms with E-state index in [4.69, 9.17) is 0 Å². The number of nitrogens with one attached hydrogen (secondary N) is 1. The van der Waals surface area contributed by atoms with Crippen LogP contribution in [0.2, 0.25) is 0 Å². The van der Waals surface area contributed by atoms with Crippen molar-refractivity contribution in [3.63, 3.8) is 0 Å². The molecule has 0 aliphatic carbocycles. The highest BCUT2D eigenvalue weighted by atomic mass is 19.4. The fourth-order valence-corrected chi connectivity index (χ4v) is 4.44.